The van der Waals surface area contributed by atoms with Gasteiger partial charge >= 0.3 is 0 Å². The van der Waals surface area contributed by atoms with Crippen molar-refractivity contribution >= 4 is 17.4 Å². The summed E-state index contributed by atoms with van der Waals surface area (Å²) in [5.74, 6) is 2.28. The second-order valence-electron chi connectivity index (χ2n) is 7.46. The Kier molecular flexibility index (Phi) is 5.45. The number of nitrogens with one attached hydrogen (secondary N) is 1. The summed E-state index contributed by atoms with van der Waals surface area (Å²) in [7, 11) is 0. The van der Waals surface area contributed by atoms with Gasteiger partial charge in [0.1, 0.15) is 5.75 Å². The molecule has 1 aromatic heterocycles. The molecule has 1 fully saturated rings. The number of benzene rings is 2. The molecule has 1 atom stereocenters. The number of anilines is 1. The number of nitrogens with zero attached hydrogens (tertiary/aromatic N) is 3. The fourth-order valence-electron chi connectivity index (χ4n) is 3.91. The first-order valence-corrected chi connectivity index (χ1v) is 11.5. The summed E-state index contributed by atoms with van der Waals surface area (Å²) in [5, 5.41) is 12.8. The lowest BCUT2D eigenvalue weighted by Crippen LogP contribution is -2.17. The Morgan fingerprint density at radius 1 is 1.07 bits per heavy atom. The van der Waals surface area contributed by atoms with Gasteiger partial charge in [-0.3, -0.25) is 0 Å². The number of fused-ring (bicyclic) bond motifs is 3. The van der Waals surface area contributed by atoms with Crippen LogP contribution in [-0.2, 0) is 0 Å². The van der Waals surface area contributed by atoms with Gasteiger partial charge in [-0.25, -0.2) is 0 Å². The lowest BCUT2D eigenvalue weighted by Gasteiger charge is -2.20. The number of hydrogen-bond donors (Lipinski definition) is 1. The van der Waals surface area contributed by atoms with E-state index in [1.807, 2.05) is 48.5 Å². The van der Waals surface area contributed by atoms with Gasteiger partial charge in [-0.15, -0.1) is 10.2 Å². The van der Waals surface area contributed by atoms with Crippen LogP contribution in [0.4, 0.5) is 5.69 Å². The molecule has 0 spiro atoms. The lowest BCUT2D eigenvalue weighted by molar-refractivity contribution is 0.209. The number of aromatic nitrogens is 3. The number of rotatable bonds is 5. The summed E-state index contributed by atoms with van der Waals surface area (Å²) in [5.41, 5.74) is 3.53. The van der Waals surface area contributed by atoms with Crippen LogP contribution in [0.25, 0.3) is 11.3 Å². The minimum absolute atomic E-state index is 0.346. The van der Waals surface area contributed by atoms with E-state index in [0.29, 0.717) is 22.8 Å². The molecule has 1 aliphatic heterocycles. The fourth-order valence-corrected chi connectivity index (χ4v) is 4.41. The van der Waals surface area contributed by atoms with Gasteiger partial charge in [0.05, 0.1) is 6.10 Å². The van der Waals surface area contributed by atoms with E-state index in [9.17, 15) is 0 Å². The minimum Gasteiger partial charge on any atom is -0.490 e. The summed E-state index contributed by atoms with van der Waals surface area (Å²) in [6.45, 7) is 2.06. The van der Waals surface area contributed by atoms with E-state index in [-0.39, 0.29) is 6.23 Å². The quantitative estimate of drug-likeness (QED) is 0.549. The first kappa shape index (κ1) is 19.2. The Balaban J connectivity index is 1.45. The average molecular weight is 421 g/mol. The van der Waals surface area contributed by atoms with Crippen LogP contribution >= 0.6 is 11.8 Å². The van der Waals surface area contributed by atoms with E-state index in [0.717, 1.165) is 41.2 Å². The maximum atomic E-state index is 6.31. The number of thioether (sulfide) groups is 1. The molecule has 5 rings (SSSR count). The number of hydrogen-bond acceptors (Lipinski definition) is 7. The monoisotopic (exact) mass is 420 g/mol. The smallest absolute Gasteiger partial charge is 0.247 e. The summed E-state index contributed by atoms with van der Waals surface area (Å²) < 4.78 is 12.4. The largest absolute Gasteiger partial charge is 0.490 e. The molecule has 2 aliphatic rings. The Bertz CT molecular complexity index is 1020. The van der Waals surface area contributed by atoms with Crippen molar-refractivity contribution in [2.24, 2.45) is 0 Å². The Hall–Kier alpha value is -2.80. The normalized spacial score (nSPS) is 18.0. The molecule has 154 valence electrons. The molecule has 0 saturated heterocycles. The second-order valence-corrected chi connectivity index (χ2v) is 8.69. The van der Waals surface area contributed by atoms with E-state index in [2.05, 4.69) is 27.4 Å². The van der Waals surface area contributed by atoms with Gasteiger partial charge in [-0.05, 0) is 61.8 Å². The maximum Gasteiger partial charge on any atom is 0.247 e. The molecule has 6 nitrogen and oxygen atoms in total. The van der Waals surface area contributed by atoms with Gasteiger partial charge in [0.15, 0.2) is 11.9 Å². The van der Waals surface area contributed by atoms with E-state index in [1.54, 1.807) is 11.8 Å². The highest BCUT2D eigenvalue weighted by Gasteiger charge is 2.26. The van der Waals surface area contributed by atoms with Crippen molar-refractivity contribution in [1.82, 2.24) is 15.2 Å². The zero-order chi connectivity index (χ0) is 20.3. The first-order valence-electron chi connectivity index (χ1n) is 10.5. The minimum atomic E-state index is -0.385. The second kappa shape index (κ2) is 8.52. The molecule has 0 radical (unpaired) electrons. The first-order chi connectivity index (χ1) is 14.8. The molecule has 0 bridgehead atoms. The Morgan fingerprint density at radius 2 is 1.87 bits per heavy atom. The highest BCUT2D eigenvalue weighted by Crippen LogP contribution is 2.39. The van der Waals surface area contributed by atoms with Crippen molar-refractivity contribution in [2.45, 2.75) is 50.1 Å². The third kappa shape index (κ3) is 3.94. The summed E-state index contributed by atoms with van der Waals surface area (Å²) in [6, 6.07) is 16.1. The molecule has 7 heteroatoms. The van der Waals surface area contributed by atoms with Crippen LogP contribution in [-0.4, -0.2) is 27.0 Å². The molecule has 30 heavy (non-hydrogen) atoms. The van der Waals surface area contributed by atoms with Crippen LogP contribution in [0, 0.1) is 0 Å². The number of para-hydroxylation sites is 1. The van der Waals surface area contributed by atoms with Gasteiger partial charge in [0.2, 0.25) is 11.0 Å². The van der Waals surface area contributed by atoms with E-state index < -0.39 is 0 Å². The highest BCUT2D eigenvalue weighted by molar-refractivity contribution is 7.99. The summed E-state index contributed by atoms with van der Waals surface area (Å²) >= 11 is 1.55. The van der Waals surface area contributed by atoms with Crippen molar-refractivity contribution in [1.29, 1.82) is 0 Å². The molecule has 1 N–H and O–H groups in total. The predicted molar refractivity (Wildman–Crippen MR) is 118 cm³/mol. The van der Waals surface area contributed by atoms with Crippen molar-refractivity contribution in [3.8, 4) is 22.9 Å². The maximum absolute atomic E-state index is 6.31. The van der Waals surface area contributed by atoms with Crippen LogP contribution in [0.1, 0.15) is 44.4 Å². The van der Waals surface area contributed by atoms with E-state index in [4.69, 9.17) is 9.47 Å². The van der Waals surface area contributed by atoms with Crippen molar-refractivity contribution < 1.29 is 9.47 Å². The van der Waals surface area contributed by atoms with Crippen molar-refractivity contribution in [3.05, 3.63) is 54.1 Å². The highest BCUT2D eigenvalue weighted by atomic mass is 32.2. The van der Waals surface area contributed by atoms with Crippen LogP contribution < -0.4 is 14.8 Å². The molecule has 2 heterocycles. The van der Waals surface area contributed by atoms with Crippen LogP contribution in [0.3, 0.4) is 0 Å². The van der Waals surface area contributed by atoms with Gasteiger partial charge < -0.3 is 14.8 Å². The van der Waals surface area contributed by atoms with Gasteiger partial charge in [0.25, 0.3) is 0 Å². The summed E-state index contributed by atoms with van der Waals surface area (Å²) in [4.78, 5) is 4.63. The molecule has 2 aromatic carbocycles. The lowest BCUT2D eigenvalue weighted by atomic mass is 10.1. The van der Waals surface area contributed by atoms with Gasteiger partial charge in [0, 0.05) is 16.8 Å². The molecule has 0 amide bonds. The van der Waals surface area contributed by atoms with Crippen LogP contribution in [0.5, 0.6) is 11.6 Å². The van der Waals surface area contributed by atoms with Crippen LogP contribution in [0.15, 0.2) is 53.7 Å². The SMILES string of the molecule is CCSc1nnc2c(n1)O[C@H](c1ccc(OC3CCCC3)cc1)Nc1ccccc1-2. The standard InChI is InChI=1S/C23H24N4O2S/c1-2-30-23-25-22-20(26-27-23)18-9-5-6-10-19(18)24-21(29-22)15-11-13-17(14-12-15)28-16-7-3-4-8-16/h5-6,9-14,16,21,24H,2-4,7-8H2,1H3/t21-/m1/s1. The molecule has 3 aromatic rings. The van der Waals surface area contributed by atoms with Crippen LogP contribution in [0.2, 0.25) is 0 Å². The zero-order valence-electron chi connectivity index (χ0n) is 16.9. The summed E-state index contributed by atoms with van der Waals surface area (Å²) in [6.07, 6.45) is 4.77. The third-order valence-corrected chi connectivity index (χ3v) is 6.11. The molecule has 1 saturated carbocycles. The van der Waals surface area contributed by atoms with Crippen molar-refractivity contribution in [3.63, 3.8) is 0 Å². The zero-order valence-corrected chi connectivity index (χ0v) is 17.7. The van der Waals surface area contributed by atoms with E-state index in [1.165, 1.54) is 12.8 Å². The molecular formula is C23H24N4O2S. The molecule has 1 aliphatic carbocycles. The van der Waals surface area contributed by atoms with E-state index >= 15 is 0 Å². The van der Waals surface area contributed by atoms with Gasteiger partial charge in [-0.2, -0.15) is 4.98 Å². The van der Waals surface area contributed by atoms with Crippen molar-refractivity contribution in [2.75, 3.05) is 11.1 Å². The Labute approximate surface area is 180 Å². The predicted octanol–water partition coefficient (Wildman–Crippen LogP) is 5.48. The number of ether oxygens (including phenoxy) is 2. The molecular weight excluding hydrogens is 396 g/mol. The Morgan fingerprint density at radius 3 is 2.67 bits per heavy atom. The topological polar surface area (TPSA) is 69.2 Å². The van der Waals surface area contributed by atoms with Gasteiger partial charge in [-0.1, -0.05) is 36.9 Å². The fraction of sp³-hybridized carbons (Fsp3) is 0.348. The average Bonchev–Trinajstić information content (AvgIpc) is 3.22. The third-order valence-electron chi connectivity index (χ3n) is 5.39. The molecule has 0 unspecified atom stereocenters.